The Hall–Kier alpha value is -2.18. The van der Waals surface area contributed by atoms with Crippen LogP contribution in [0.3, 0.4) is 0 Å². The van der Waals surface area contributed by atoms with Crippen LogP contribution in [-0.4, -0.2) is 35.6 Å². The zero-order valence-corrected chi connectivity index (χ0v) is 15.7. The van der Waals surface area contributed by atoms with Gasteiger partial charge in [-0.25, -0.2) is 0 Å². The number of nitrogens with zero attached hydrogens (tertiary/aromatic N) is 2. The highest BCUT2D eigenvalue weighted by Crippen LogP contribution is 2.33. The van der Waals surface area contributed by atoms with E-state index in [2.05, 4.69) is 4.99 Å². The number of carbonyl (C=O) groups excluding carboxylic acids is 1. The first-order chi connectivity index (χ1) is 12.6. The van der Waals surface area contributed by atoms with Crippen molar-refractivity contribution in [1.29, 1.82) is 0 Å². The van der Waals surface area contributed by atoms with E-state index in [0.717, 1.165) is 5.75 Å². The van der Waals surface area contributed by atoms with Crippen molar-refractivity contribution in [2.45, 2.75) is 19.1 Å². The minimum absolute atomic E-state index is 0.160. The lowest BCUT2D eigenvalue weighted by molar-refractivity contribution is -0.126. The summed E-state index contributed by atoms with van der Waals surface area (Å²) in [6.45, 7) is 2.19. The van der Waals surface area contributed by atoms with E-state index in [4.69, 9.17) is 21.1 Å². The molecule has 0 bridgehead atoms. The van der Waals surface area contributed by atoms with Gasteiger partial charge in [0.05, 0.1) is 11.7 Å². The average Bonchev–Trinajstić information content (AvgIpc) is 3.09. The fourth-order valence-corrected chi connectivity index (χ4v) is 3.96. The number of rotatable bonds is 2. The van der Waals surface area contributed by atoms with E-state index in [-0.39, 0.29) is 18.6 Å². The molecule has 0 N–H and O–H groups in total. The number of benzene rings is 2. The summed E-state index contributed by atoms with van der Waals surface area (Å²) in [4.78, 5) is 19.5. The van der Waals surface area contributed by atoms with E-state index < -0.39 is 6.10 Å². The fraction of sp³-hybridized carbons (Fsp3) is 0.263. The lowest BCUT2D eigenvalue weighted by Gasteiger charge is -2.30. The molecule has 2 heterocycles. The van der Waals surface area contributed by atoms with E-state index in [1.807, 2.05) is 37.3 Å². The number of ether oxygens (including phenoxy) is 2. The van der Waals surface area contributed by atoms with Gasteiger partial charge in [-0.15, -0.1) is 0 Å². The first kappa shape index (κ1) is 17.2. The van der Waals surface area contributed by atoms with Crippen LogP contribution >= 0.6 is 23.4 Å². The van der Waals surface area contributed by atoms with E-state index >= 15 is 0 Å². The lowest BCUT2D eigenvalue weighted by Crippen LogP contribution is -2.48. The molecular weight excluding hydrogens is 372 g/mol. The van der Waals surface area contributed by atoms with Crippen LogP contribution in [0, 0.1) is 0 Å². The maximum atomic E-state index is 13.3. The van der Waals surface area contributed by atoms with Crippen molar-refractivity contribution in [1.82, 2.24) is 0 Å². The minimum Gasteiger partial charge on any atom is -0.485 e. The second kappa shape index (κ2) is 7.21. The molecule has 134 valence electrons. The topological polar surface area (TPSA) is 51.1 Å². The molecule has 1 amide bonds. The van der Waals surface area contributed by atoms with Crippen molar-refractivity contribution in [3.8, 4) is 11.5 Å². The molecule has 26 heavy (non-hydrogen) atoms. The van der Waals surface area contributed by atoms with Crippen molar-refractivity contribution in [3.63, 3.8) is 0 Å². The van der Waals surface area contributed by atoms with Gasteiger partial charge in [-0.2, -0.15) is 0 Å². The Bertz CT molecular complexity index is 856. The van der Waals surface area contributed by atoms with Crippen molar-refractivity contribution in [2.75, 3.05) is 17.3 Å². The van der Waals surface area contributed by atoms with Crippen LogP contribution in [-0.2, 0) is 4.79 Å². The van der Waals surface area contributed by atoms with Gasteiger partial charge in [0.15, 0.2) is 16.7 Å². The highest BCUT2D eigenvalue weighted by Gasteiger charge is 2.35. The van der Waals surface area contributed by atoms with Crippen molar-refractivity contribution in [3.05, 3.63) is 53.6 Å². The summed E-state index contributed by atoms with van der Waals surface area (Å²) in [6.07, 6.45) is -0.736. The first-order valence-electron chi connectivity index (χ1n) is 8.30. The zero-order valence-electron chi connectivity index (χ0n) is 14.1. The molecule has 0 unspecified atom stereocenters. The number of anilines is 1. The maximum Gasteiger partial charge on any atom is 0.277 e. The molecule has 0 spiro atoms. The van der Waals surface area contributed by atoms with Crippen molar-refractivity contribution in [2.24, 2.45) is 4.99 Å². The summed E-state index contributed by atoms with van der Waals surface area (Å²) in [6, 6.07) is 14.6. The molecule has 2 aromatic rings. The molecule has 2 aromatic carbocycles. The average molecular weight is 389 g/mol. The Morgan fingerprint density at radius 3 is 2.62 bits per heavy atom. The summed E-state index contributed by atoms with van der Waals surface area (Å²) in [5.41, 5.74) is 0.710. The third kappa shape index (κ3) is 3.39. The van der Waals surface area contributed by atoms with E-state index in [9.17, 15) is 4.79 Å². The Kier molecular flexibility index (Phi) is 4.78. The number of amides is 1. The van der Waals surface area contributed by atoms with Gasteiger partial charge in [0.25, 0.3) is 5.91 Å². The Morgan fingerprint density at radius 2 is 1.92 bits per heavy atom. The molecule has 2 atom stereocenters. The van der Waals surface area contributed by atoms with Gasteiger partial charge in [-0.05, 0) is 43.3 Å². The Morgan fingerprint density at radius 1 is 1.19 bits per heavy atom. The number of fused-ring (bicyclic) bond motifs is 1. The maximum absolute atomic E-state index is 13.3. The molecular formula is C19H17ClN2O3S. The molecule has 0 radical (unpaired) electrons. The molecule has 0 saturated carbocycles. The van der Waals surface area contributed by atoms with Crippen molar-refractivity contribution >= 4 is 40.1 Å². The number of para-hydroxylation sites is 2. The number of carbonyl (C=O) groups is 1. The van der Waals surface area contributed by atoms with Crippen LogP contribution in [0.4, 0.5) is 5.69 Å². The number of aliphatic imine (C=N–C) groups is 1. The van der Waals surface area contributed by atoms with Gasteiger partial charge < -0.3 is 9.47 Å². The van der Waals surface area contributed by atoms with Gasteiger partial charge in [0.1, 0.15) is 6.61 Å². The molecule has 2 aliphatic heterocycles. The van der Waals surface area contributed by atoms with Gasteiger partial charge in [0, 0.05) is 10.8 Å². The zero-order chi connectivity index (χ0) is 18.1. The summed E-state index contributed by atoms with van der Waals surface area (Å²) >= 11 is 7.56. The molecule has 4 rings (SSSR count). The monoisotopic (exact) mass is 388 g/mol. The van der Waals surface area contributed by atoms with Gasteiger partial charge in [-0.1, -0.05) is 35.5 Å². The molecule has 0 aromatic heterocycles. The predicted octanol–water partition coefficient (Wildman–Crippen LogP) is 4.00. The first-order valence-corrected chi connectivity index (χ1v) is 9.67. The number of hydrogen-bond donors (Lipinski definition) is 0. The summed E-state index contributed by atoms with van der Waals surface area (Å²) in [5.74, 6) is 1.86. The number of thioether (sulfide) groups is 1. The van der Waals surface area contributed by atoms with Gasteiger partial charge >= 0.3 is 0 Å². The Labute approximate surface area is 161 Å². The van der Waals surface area contributed by atoms with Gasteiger partial charge in [-0.3, -0.25) is 14.7 Å². The standard InChI is InChI=1S/C19H17ClN2O3S/c1-12-11-26-19(21-12)22(14-8-6-13(20)7-9-14)18(23)17-10-24-15-4-2-3-5-16(15)25-17/h2-9,12,17H,10-11H2,1H3/t12-,17-/m0/s1. The largest absolute Gasteiger partial charge is 0.485 e. The van der Waals surface area contributed by atoms with Crippen LogP contribution in [0.2, 0.25) is 5.02 Å². The SMILES string of the molecule is C[C@H]1CSC(N(C(=O)[C@@H]2COc3ccccc3O2)c2ccc(Cl)cc2)=N1. The highest BCUT2D eigenvalue weighted by atomic mass is 35.5. The molecule has 0 aliphatic carbocycles. The third-order valence-electron chi connectivity index (χ3n) is 4.06. The summed E-state index contributed by atoms with van der Waals surface area (Å²) in [7, 11) is 0. The Balaban J connectivity index is 1.65. The van der Waals surface area contributed by atoms with E-state index in [1.165, 1.54) is 0 Å². The van der Waals surface area contributed by atoms with Gasteiger partial charge in [0.2, 0.25) is 6.10 Å². The number of amidine groups is 1. The minimum atomic E-state index is -0.736. The summed E-state index contributed by atoms with van der Waals surface area (Å²) < 4.78 is 11.6. The van der Waals surface area contributed by atoms with Crippen LogP contribution < -0.4 is 14.4 Å². The molecule has 0 saturated heterocycles. The molecule has 0 fully saturated rings. The predicted molar refractivity (Wildman–Crippen MR) is 105 cm³/mol. The quantitative estimate of drug-likeness (QED) is 0.780. The molecule has 2 aliphatic rings. The normalized spacial score (nSPS) is 21.2. The van der Waals surface area contributed by atoms with Crippen LogP contribution in [0.25, 0.3) is 0 Å². The highest BCUT2D eigenvalue weighted by molar-refractivity contribution is 8.14. The lowest BCUT2D eigenvalue weighted by atomic mass is 10.2. The number of hydrogen-bond acceptors (Lipinski definition) is 5. The van der Waals surface area contributed by atoms with Crippen molar-refractivity contribution < 1.29 is 14.3 Å². The third-order valence-corrected chi connectivity index (χ3v) is 5.51. The smallest absolute Gasteiger partial charge is 0.277 e. The summed E-state index contributed by atoms with van der Waals surface area (Å²) in [5, 5.41) is 1.29. The fourth-order valence-electron chi connectivity index (χ4n) is 2.79. The van der Waals surface area contributed by atoms with Crippen LogP contribution in [0.5, 0.6) is 11.5 Å². The van der Waals surface area contributed by atoms with Crippen LogP contribution in [0.15, 0.2) is 53.5 Å². The van der Waals surface area contributed by atoms with E-state index in [0.29, 0.717) is 27.4 Å². The second-order valence-electron chi connectivity index (χ2n) is 6.09. The number of halogens is 1. The second-order valence-corrected chi connectivity index (χ2v) is 7.51. The van der Waals surface area contributed by atoms with Crippen LogP contribution in [0.1, 0.15) is 6.92 Å². The van der Waals surface area contributed by atoms with E-state index in [1.54, 1.807) is 34.9 Å². The molecule has 7 heteroatoms. The molecule has 5 nitrogen and oxygen atoms in total.